The molecule has 1 fully saturated rings. The fourth-order valence-corrected chi connectivity index (χ4v) is 3.31. The first-order chi connectivity index (χ1) is 8.97. The predicted molar refractivity (Wildman–Crippen MR) is 83.6 cm³/mol. The molecule has 1 unspecified atom stereocenters. The van der Waals surface area contributed by atoms with E-state index < -0.39 is 0 Å². The number of hydrogen-bond acceptors (Lipinski definition) is 1. The molecule has 2 rings (SSSR count). The fourth-order valence-electron chi connectivity index (χ4n) is 3.31. The van der Waals surface area contributed by atoms with Gasteiger partial charge in [0.05, 0.1) is 0 Å². The van der Waals surface area contributed by atoms with E-state index in [9.17, 15) is 0 Å². The van der Waals surface area contributed by atoms with Gasteiger partial charge in [0.2, 0.25) is 0 Å². The molecule has 19 heavy (non-hydrogen) atoms. The molecule has 0 bridgehead atoms. The predicted octanol–water partition coefficient (Wildman–Crippen LogP) is 4.66. The topological polar surface area (TPSA) is 12.0 Å². The second-order valence-corrected chi connectivity index (χ2v) is 7.14. The van der Waals surface area contributed by atoms with E-state index in [0.29, 0.717) is 5.92 Å². The summed E-state index contributed by atoms with van der Waals surface area (Å²) in [6.45, 7) is 10.1. The molecule has 0 radical (unpaired) electrons. The zero-order valence-corrected chi connectivity index (χ0v) is 13.0. The van der Waals surface area contributed by atoms with Crippen molar-refractivity contribution in [2.45, 2.75) is 64.8 Å². The highest BCUT2D eigenvalue weighted by Gasteiger charge is 2.28. The van der Waals surface area contributed by atoms with Gasteiger partial charge in [-0.15, -0.1) is 0 Å². The van der Waals surface area contributed by atoms with E-state index in [1.54, 1.807) is 5.56 Å². The van der Waals surface area contributed by atoms with Crippen molar-refractivity contribution >= 4 is 0 Å². The van der Waals surface area contributed by atoms with E-state index in [4.69, 9.17) is 0 Å². The van der Waals surface area contributed by atoms with Crippen molar-refractivity contribution in [2.75, 3.05) is 6.54 Å². The summed E-state index contributed by atoms with van der Waals surface area (Å²) < 4.78 is 0. The van der Waals surface area contributed by atoms with Crippen molar-refractivity contribution in [3.05, 3.63) is 35.4 Å². The molecule has 1 nitrogen and oxygen atoms in total. The van der Waals surface area contributed by atoms with E-state index in [2.05, 4.69) is 57.3 Å². The van der Waals surface area contributed by atoms with Crippen LogP contribution in [0, 0.1) is 12.8 Å². The second kappa shape index (κ2) is 6.09. The molecule has 0 heterocycles. The Labute approximate surface area is 118 Å². The molecule has 0 amide bonds. The maximum absolute atomic E-state index is 3.72. The summed E-state index contributed by atoms with van der Waals surface area (Å²) in [4.78, 5) is 0. The third-order valence-electron chi connectivity index (χ3n) is 4.41. The van der Waals surface area contributed by atoms with Crippen LogP contribution in [0.1, 0.15) is 63.5 Å². The Bertz CT molecular complexity index is 396. The Morgan fingerprint density at radius 3 is 2.37 bits per heavy atom. The Balaban J connectivity index is 2.16. The van der Waals surface area contributed by atoms with Crippen molar-refractivity contribution in [3.63, 3.8) is 0 Å². The van der Waals surface area contributed by atoms with Gasteiger partial charge in [0.15, 0.2) is 0 Å². The first-order valence-electron chi connectivity index (χ1n) is 7.78. The Kier molecular flexibility index (Phi) is 4.67. The minimum absolute atomic E-state index is 0.208. The molecular formula is C18H29N. The lowest BCUT2D eigenvalue weighted by atomic mass is 9.82. The SMILES string of the molecule is Cc1ccccc1C(CNC(C)(C)C)C1CCCC1. The van der Waals surface area contributed by atoms with Crippen molar-refractivity contribution in [2.24, 2.45) is 5.92 Å². The van der Waals surface area contributed by atoms with Crippen LogP contribution in [0.25, 0.3) is 0 Å². The smallest absolute Gasteiger partial charge is 0.00967 e. The van der Waals surface area contributed by atoms with Crippen LogP contribution in [0.4, 0.5) is 0 Å². The maximum atomic E-state index is 3.72. The summed E-state index contributed by atoms with van der Waals surface area (Å²) in [7, 11) is 0. The summed E-state index contributed by atoms with van der Waals surface area (Å²) in [5.74, 6) is 1.55. The number of benzene rings is 1. The van der Waals surface area contributed by atoms with E-state index in [1.165, 1.54) is 31.2 Å². The van der Waals surface area contributed by atoms with Gasteiger partial charge in [0.25, 0.3) is 0 Å². The van der Waals surface area contributed by atoms with Gasteiger partial charge in [-0.05, 0) is 63.5 Å². The van der Waals surface area contributed by atoms with Gasteiger partial charge in [0, 0.05) is 12.1 Å². The molecular weight excluding hydrogens is 230 g/mol. The van der Waals surface area contributed by atoms with Crippen LogP contribution >= 0.6 is 0 Å². The van der Waals surface area contributed by atoms with Crippen LogP contribution in [0.3, 0.4) is 0 Å². The minimum atomic E-state index is 0.208. The molecule has 1 N–H and O–H groups in total. The largest absolute Gasteiger partial charge is 0.311 e. The molecule has 1 aromatic rings. The lowest BCUT2D eigenvalue weighted by Gasteiger charge is -2.30. The molecule has 1 aliphatic rings. The molecule has 1 saturated carbocycles. The lowest BCUT2D eigenvalue weighted by Crippen LogP contribution is -2.40. The van der Waals surface area contributed by atoms with Crippen molar-refractivity contribution in [1.82, 2.24) is 5.32 Å². The van der Waals surface area contributed by atoms with Crippen LogP contribution < -0.4 is 5.32 Å². The molecule has 1 heteroatoms. The summed E-state index contributed by atoms with van der Waals surface area (Å²) >= 11 is 0. The minimum Gasteiger partial charge on any atom is -0.311 e. The normalized spacial score (nSPS) is 18.7. The lowest BCUT2D eigenvalue weighted by molar-refractivity contribution is 0.350. The van der Waals surface area contributed by atoms with Crippen LogP contribution in [-0.2, 0) is 0 Å². The number of hydrogen-bond donors (Lipinski definition) is 1. The zero-order valence-electron chi connectivity index (χ0n) is 13.0. The number of rotatable bonds is 4. The third-order valence-corrected chi connectivity index (χ3v) is 4.41. The highest BCUT2D eigenvalue weighted by atomic mass is 14.9. The Hall–Kier alpha value is -0.820. The van der Waals surface area contributed by atoms with Gasteiger partial charge < -0.3 is 5.32 Å². The number of nitrogens with one attached hydrogen (secondary N) is 1. The van der Waals surface area contributed by atoms with Crippen LogP contribution in [0.2, 0.25) is 0 Å². The van der Waals surface area contributed by atoms with Gasteiger partial charge in [-0.2, -0.15) is 0 Å². The van der Waals surface area contributed by atoms with E-state index in [0.717, 1.165) is 12.5 Å². The van der Waals surface area contributed by atoms with Crippen LogP contribution in [0.15, 0.2) is 24.3 Å². The monoisotopic (exact) mass is 259 g/mol. The zero-order chi connectivity index (χ0) is 13.9. The van der Waals surface area contributed by atoms with Gasteiger partial charge >= 0.3 is 0 Å². The summed E-state index contributed by atoms with van der Waals surface area (Å²) in [6, 6.07) is 8.94. The summed E-state index contributed by atoms with van der Waals surface area (Å²) in [5, 5.41) is 3.72. The van der Waals surface area contributed by atoms with Gasteiger partial charge in [-0.1, -0.05) is 37.1 Å². The molecule has 1 atom stereocenters. The molecule has 1 aromatic carbocycles. The molecule has 0 aromatic heterocycles. The number of aryl methyl sites for hydroxylation is 1. The molecule has 106 valence electrons. The quantitative estimate of drug-likeness (QED) is 0.829. The summed E-state index contributed by atoms with van der Waals surface area (Å²) in [6.07, 6.45) is 5.65. The van der Waals surface area contributed by atoms with Crippen molar-refractivity contribution in [1.29, 1.82) is 0 Å². The highest BCUT2D eigenvalue weighted by Crippen LogP contribution is 2.38. The maximum Gasteiger partial charge on any atom is 0.00967 e. The van der Waals surface area contributed by atoms with Gasteiger partial charge in [-0.25, -0.2) is 0 Å². The molecule has 0 aliphatic heterocycles. The van der Waals surface area contributed by atoms with E-state index in [1.807, 2.05) is 0 Å². The molecule has 0 spiro atoms. The average Bonchev–Trinajstić information content (AvgIpc) is 2.84. The first kappa shape index (κ1) is 14.6. The third kappa shape index (κ3) is 4.07. The highest BCUT2D eigenvalue weighted by molar-refractivity contribution is 5.30. The van der Waals surface area contributed by atoms with Gasteiger partial charge in [0.1, 0.15) is 0 Å². The van der Waals surface area contributed by atoms with E-state index >= 15 is 0 Å². The Morgan fingerprint density at radius 1 is 1.16 bits per heavy atom. The van der Waals surface area contributed by atoms with Crippen LogP contribution in [0.5, 0.6) is 0 Å². The van der Waals surface area contributed by atoms with Crippen molar-refractivity contribution < 1.29 is 0 Å². The summed E-state index contributed by atoms with van der Waals surface area (Å²) in [5.41, 5.74) is 3.22. The fraction of sp³-hybridized carbons (Fsp3) is 0.667. The first-order valence-corrected chi connectivity index (χ1v) is 7.78. The molecule has 1 aliphatic carbocycles. The average molecular weight is 259 g/mol. The standard InChI is InChI=1S/C18H29N/c1-14-9-5-8-12-16(14)17(13-19-18(2,3)4)15-10-6-7-11-15/h5,8-9,12,15,17,19H,6-7,10-11,13H2,1-4H3. The Morgan fingerprint density at radius 2 is 1.79 bits per heavy atom. The second-order valence-electron chi connectivity index (χ2n) is 7.14. The van der Waals surface area contributed by atoms with Crippen LogP contribution in [-0.4, -0.2) is 12.1 Å². The van der Waals surface area contributed by atoms with Gasteiger partial charge in [-0.3, -0.25) is 0 Å². The van der Waals surface area contributed by atoms with E-state index in [-0.39, 0.29) is 5.54 Å². The van der Waals surface area contributed by atoms with Crippen molar-refractivity contribution in [3.8, 4) is 0 Å². The molecule has 0 saturated heterocycles.